The number of hydrogen-bond acceptors (Lipinski definition) is 2. The van der Waals surface area contributed by atoms with E-state index in [1.54, 1.807) is 0 Å². The topological polar surface area (TPSA) is 37.3 Å². The molecule has 0 radical (unpaired) electrons. The van der Waals surface area contributed by atoms with Crippen molar-refractivity contribution in [3.63, 3.8) is 0 Å². The van der Waals surface area contributed by atoms with Gasteiger partial charge in [-0.1, -0.05) is 13.3 Å². The van der Waals surface area contributed by atoms with Crippen molar-refractivity contribution in [3.05, 3.63) is 0 Å². The second-order valence-corrected chi connectivity index (χ2v) is 2.33. The summed E-state index contributed by atoms with van der Waals surface area (Å²) in [4.78, 5) is 10.0. The average molecular weight is 130 g/mol. The van der Waals surface area contributed by atoms with Gasteiger partial charge in [-0.05, 0) is 12.8 Å². The fraction of sp³-hybridized carbons (Fsp3) is 0.857. The smallest absolute Gasteiger partial charge is 0.122 e. The molecule has 0 aromatic carbocycles. The van der Waals surface area contributed by atoms with Gasteiger partial charge in [0.2, 0.25) is 0 Å². The molecule has 0 fully saturated rings. The van der Waals surface area contributed by atoms with Crippen LogP contribution < -0.4 is 0 Å². The van der Waals surface area contributed by atoms with Gasteiger partial charge in [0.1, 0.15) is 6.29 Å². The summed E-state index contributed by atoms with van der Waals surface area (Å²) in [6.45, 7) is 2.13. The van der Waals surface area contributed by atoms with Crippen LogP contribution in [-0.4, -0.2) is 18.0 Å². The minimum atomic E-state index is 0.163. The Hall–Kier alpha value is -0.370. The van der Waals surface area contributed by atoms with Crippen LogP contribution >= 0.6 is 0 Å². The summed E-state index contributed by atoms with van der Waals surface area (Å²) >= 11 is 0. The monoisotopic (exact) mass is 130 g/mol. The molecule has 2 nitrogen and oxygen atoms in total. The summed E-state index contributed by atoms with van der Waals surface area (Å²) in [6.07, 6.45) is 3.63. The molecule has 1 N–H and O–H groups in total. The molecular formula is C7H14O2. The van der Waals surface area contributed by atoms with E-state index in [2.05, 4.69) is 0 Å². The Morgan fingerprint density at radius 2 is 2.22 bits per heavy atom. The van der Waals surface area contributed by atoms with Crippen LogP contribution in [0, 0.1) is 5.92 Å². The third-order valence-corrected chi connectivity index (χ3v) is 1.30. The van der Waals surface area contributed by atoms with Gasteiger partial charge in [0.25, 0.3) is 0 Å². The van der Waals surface area contributed by atoms with E-state index in [1.807, 2.05) is 6.92 Å². The van der Waals surface area contributed by atoms with E-state index >= 15 is 0 Å². The summed E-state index contributed by atoms with van der Waals surface area (Å²) in [5, 5.41) is 8.36. The van der Waals surface area contributed by atoms with Gasteiger partial charge in [0.05, 0.1) is 0 Å². The lowest BCUT2D eigenvalue weighted by Crippen LogP contribution is -1.95. The predicted molar refractivity (Wildman–Crippen MR) is 36.2 cm³/mol. The maximum absolute atomic E-state index is 10.0. The zero-order valence-electron chi connectivity index (χ0n) is 5.84. The van der Waals surface area contributed by atoms with Crippen molar-refractivity contribution in [3.8, 4) is 0 Å². The Kier molecular flexibility index (Phi) is 5.52. The normalized spacial score (nSPS) is 13.1. The molecule has 0 aliphatic heterocycles. The largest absolute Gasteiger partial charge is 0.396 e. The summed E-state index contributed by atoms with van der Waals surface area (Å²) in [6, 6.07) is 0. The van der Waals surface area contributed by atoms with Crippen LogP contribution in [0.4, 0.5) is 0 Å². The molecule has 0 spiro atoms. The summed E-state index contributed by atoms with van der Waals surface area (Å²) in [7, 11) is 0. The van der Waals surface area contributed by atoms with Gasteiger partial charge in [-0.3, -0.25) is 0 Å². The molecule has 54 valence electrons. The standard InChI is InChI=1S/C7H14O2/c1-7(6-9)4-2-3-5-8/h6-8H,2-5H2,1H3/t7-/m0/s1. The first-order chi connectivity index (χ1) is 4.31. The van der Waals surface area contributed by atoms with E-state index in [0.717, 1.165) is 25.5 Å². The van der Waals surface area contributed by atoms with Crippen molar-refractivity contribution in [2.75, 3.05) is 6.61 Å². The van der Waals surface area contributed by atoms with Crippen LogP contribution in [0.3, 0.4) is 0 Å². The van der Waals surface area contributed by atoms with Gasteiger partial charge < -0.3 is 9.90 Å². The van der Waals surface area contributed by atoms with Crippen molar-refractivity contribution in [2.24, 2.45) is 5.92 Å². The first kappa shape index (κ1) is 8.63. The molecule has 0 rings (SSSR count). The van der Waals surface area contributed by atoms with Gasteiger partial charge in [-0.15, -0.1) is 0 Å². The minimum Gasteiger partial charge on any atom is -0.396 e. The molecule has 0 aliphatic rings. The lowest BCUT2D eigenvalue weighted by Gasteiger charge is -1.99. The molecule has 0 aliphatic carbocycles. The van der Waals surface area contributed by atoms with E-state index in [1.165, 1.54) is 0 Å². The molecule has 0 bridgehead atoms. The number of unbranched alkanes of at least 4 members (excludes halogenated alkanes) is 1. The highest BCUT2D eigenvalue weighted by atomic mass is 16.2. The van der Waals surface area contributed by atoms with Crippen molar-refractivity contribution in [1.29, 1.82) is 0 Å². The number of aldehydes is 1. The number of hydrogen-bond donors (Lipinski definition) is 1. The molecule has 0 saturated carbocycles. The molecule has 0 saturated heterocycles. The summed E-state index contributed by atoms with van der Waals surface area (Å²) < 4.78 is 0. The Bertz CT molecular complexity index is 71.3. The maximum atomic E-state index is 10.0. The van der Waals surface area contributed by atoms with E-state index < -0.39 is 0 Å². The number of aliphatic hydroxyl groups excluding tert-OH is 1. The lowest BCUT2D eigenvalue weighted by atomic mass is 10.1. The molecule has 0 heterocycles. The van der Waals surface area contributed by atoms with Crippen molar-refractivity contribution < 1.29 is 9.90 Å². The highest BCUT2D eigenvalue weighted by molar-refractivity contribution is 5.52. The predicted octanol–water partition coefficient (Wildman–Crippen LogP) is 0.984. The Morgan fingerprint density at radius 3 is 2.67 bits per heavy atom. The summed E-state index contributed by atoms with van der Waals surface area (Å²) in [5.41, 5.74) is 0. The lowest BCUT2D eigenvalue weighted by molar-refractivity contribution is -0.110. The zero-order chi connectivity index (χ0) is 7.11. The van der Waals surface area contributed by atoms with E-state index in [-0.39, 0.29) is 12.5 Å². The first-order valence-electron chi connectivity index (χ1n) is 3.37. The highest BCUT2D eigenvalue weighted by Crippen LogP contribution is 2.03. The molecule has 1 atom stereocenters. The van der Waals surface area contributed by atoms with Gasteiger partial charge in [0, 0.05) is 12.5 Å². The number of aliphatic hydroxyl groups is 1. The molecular weight excluding hydrogens is 116 g/mol. The minimum absolute atomic E-state index is 0.163. The Labute approximate surface area is 55.9 Å². The van der Waals surface area contributed by atoms with Crippen LogP contribution in [0.25, 0.3) is 0 Å². The zero-order valence-corrected chi connectivity index (χ0v) is 5.84. The van der Waals surface area contributed by atoms with Crippen molar-refractivity contribution in [1.82, 2.24) is 0 Å². The SMILES string of the molecule is C[C@H](C=O)CCCCO. The fourth-order valence-corrected chi connectivity index (χ4v) is 0.646. The third kappa shape index (κ3) is 5.50. The summed E-state index contributed by atoms with van der Waals surface area (Å²) in [5.74, 6) is 0.163. The van der Waals surface area contributed by atoms with E-state index in [4.69, 9.17) is 5.11 Å². The highest BCUT2D eigenvalue weighted by Gasteiger charge is 1.96. The maximum Gasteiger partial charge on any atom is 0.122 e. The van der Waals surface area contributed by atoms with Crippen LogP contribution in [0.2, 0.25) is 0 Å². The van der Waals surface area contributed by atoms with Crippen molar-refractivity contribution >= 4 is 6.29 Å². The van der Waals surface area contributed by atoms with Gasteiger partial charge in [0.15, 0.2) is 0 Å². The Balaban J connectivity index is 2.96. The van der Waals surface area contributed by atoms with Crippen LogP contribution in [0.1, 0.15) is 26.2 Å². The second-order valence-electron chi connectivity index (χ2n) is 2.33. The second kappa shape index (κ2) is 5.76. The number of carbonyl (C=O) groups is 1. The molecule has 0 aromatic rings. The van der Waals surface area contributed by atoms with Crippen molar-refractivity contribution in [2.45, 2.75) is 26.2 Å². The van der Waals surface area contributed by atoms with Crippen LogP contribution in [0.15, 0.2) is 0 Å². The molecule has 0 aromatic heterocycles. The van der Waals surface area contributed by atoms with E-state index in [9.17, 15) is 4.79 Å². The third-order valence-electron chi connectivity index (χ3n) is 1.30. The van der Waals surface area contributed by atoms with Gasteiger partial charge >= 0.3 is 0 Å². The number of rotatable bonds is 5. The molecule has 9 heavy (non-hydrogen) atoms. The van der Waals surface area contributed by atoms with Crippen LogP contribution in [-0.2, 0) is 4.79 Å². The fourth-order valence-electron chi connectivity index (χ4n) is 0.646. The Morgan fingerprint density at radius 1 is 1.56 bits per heavy atom. The quantitative estimate of drug-likeness (QED) is 0.445. The molecule has 2 heteroatoms. The van der Waals surface area contributed by atoms with Gasteiger partial charge in [-0.2, -0.15) is 0 Å². The average Bonchev–Trinajstić information content (AvgIpc) is 1.89. The first-order valence-corrected chi connectivity index (χ1v) is 3.37. The molecule has 0 unspecified atom stereocenters. The van der Waals surface area contributed by atoms with E-state index in [0.29, 0.717) is 0 Å². The van der Waals surface area contributed by atoms with Gasteiger partial charge in [-0.25, -0.2) is 0 Å². The number of carbonyl (C=O) groups excluding carboxylic acids is 1. The van der Waals surface area contributed by atoms with Crippen LogP contribution in [0.5, 0.6) is 0 Å². The molecule has 0 amide bonds.